The second kappa shape index (κ2) is 4.22. The highest BCUT2D eigenvalue weighted by atomic mass is 16.3. The Hall–Kier alpha value is -0.800. The van der Waals surface area contributed by atoms with E-state index in [0.717, 1.165) is 29.9 Å². The van der Waals surface area contributed by atoms with Gasteiger partial charge in [0.05, 0.1) is 13.1 Å². The molecule has 1 aliphatic heterocycles. The van der Waals surface area contributed by atoms with E-state index in [0.29, 0.717) is 6.54 Å². The quantitative estimate of drug-likeness (QED) is 0.847. The van der Waals surface area contributed by atoms with Gasteiger partial charge in [-0.25, -0.2) is 0 Å². The molecule has 1 aromatic heterocycles. The van der Waals surface area contributed by atoms with Crippen LogP contribution in [0.4, 0.5) is 0 Å². The number of hydrogen-bond donors (Lipinski definition) is 1. The Kier molecular flexibility index (Phi) is 2.74. The summed E-state index contributed by atoms with van der Waals surface area (Å²) in [5, 5.41) is 0. The first-order valence-electron chi connectivity index (χ1n) is 6.35. The summed E-state index contributed by atoms with van der Waals surface area (Å²) in [5.41, 5.74) is 5.54. The van der Waals surface area contributed by atoms with Crippen LogP contribution in [0.3, 0.4) is 0 Å². The monoisotopic (exact) mass is 220 g/mol. The maximum absolute atomic E-state index is 5.65. The van der Waals surface area contributed by atoms with Gasteiger partial charge in [0.1, 0.15) is 11.5 Å². The minimum absolute atomic E-state index is 0.505. The molecule has 88 valence electrons. The lowest BCUT2D eigenvalue weighted by Gasteiger charge is -2.14. The van der Waals surface area contributed by atoms with Crippen LogP contribution in [0.5, 0.6) is 0 Å². The average Bonchev–Trinajstić information content (AvgIpc) is 2.92. The Morgan fingerprint density at radius 2 is 1.88 bits per heavy atom. The molecule has 1 aliphatic carbocycles. The van der Waals surface area contributed by atoms with Gasteiger partial charge in [0.2, 0.25) is 0 Å². The van der Waals surface area contributed by atoms with Crippen LogP contribution in [0.2, 0.25) is 0 Å². The molecule has 0 radical (unpaired) electrons. The van der Waals surface area contributed by atoms with Crippen molar-refractivity contribution in [2.45, 2.75) is 32.4 Å². The molecule has 2 aliphatic rings. The Morgan fingerprint density at radius 3 is 2.50 bits per heavy atom. The third-order valence-corrected chi connectivity index (χ3v) is 4.10. The molecule has 0 amide bonds. The number of likely N-dealkylation sites (tertiary alicyclic amines) is 1. The van der Waals surface area contributed by atoms with E-state index >= 15 is 0 Å². The molecule has 2 heterocycles. The number of nitrogens with two attached hydrogens (primary N) is 1. The van der Waals surface area contributed by atoms with Crippen LogP contribution in [0.25, 0.3) is 0 Å². The number of nitrogens with zero attached hydrogens (tertiary/aromatic N) is 1. The van der Waals surface area contributed by atoms with Gasteiger partial charge in [0, 0.05) is 13.1 Å². The zero-order valence-electron chi connectivity index (χ0n) is 9.69. The molecule has 3 rings (SSSR count). The molecule has 1 aromatic rings. The average molecular weight is 220 g/mol. The van der Waals surface area contributed by atoms with Crippen molar-refractivity contribution in [2.75, 3.05) is 13.1 Å². The maximum Gasteiger partial charge on any atom is 0.118 e. The van der Waals surface area contributed by atoms with Crippen LogP contribution in [0.15, 0.2) is 16.5 Å². The van der Waals surface area contributed by atoms with Crippen molar-refractivity contribution in [3.05, 3.63) is 23.7 Å². The summed E-state index contributed by atoms with van der Waals surface area (Å²) < 4.78 is 5.65. The van der Waals surface area contributed by atoms with E-state index in [9.17, 15) is 0 Å². The minimum atomic E-state index is 0.505. The zero-order valence-corrected chi connectivity index (χ0v) is 9.69. The third-order valence-electron chi connectivity index (χ3n) is 4.10. The first-order chi connectivity index (χ1) is 7.85. The molecule has 2 atom stereocenters. The van der Waals surface area contributed by atoms with Crippen molar-refractivity contribution in [3.63, 3.8) is 0 Å². The second-order valence-corrected chi connectivity index (χ2v) is 5.22. The fourth-order valence-electron chi connectivity index (χ4n) is 3.30. The van der Waals surface area contributed by atoms with Crippen LogP contribution < -0.4 is 5.73 Å². The van der Waals surface area contributed by atoms with Gasteiger partial charge in [-0.1, -0.05) is 6.42 Å². The van der Waals surface area contributed by atoms with Gasteiger partial charge >= 0.3 is 0 Å². The summed E-state index contributed by atoms with van der Waals surface area (Å²) in [6.07, 6.45) is 4.32. The predicted molar refractivity (Wildman–Crippen MR) is 62.7 cm³/mol. The fraction of sp³-hybridized carbons (Fsp3) is 0.692. The van der Waals surface area contributed by atoms with E-state index in [4.69, 9.17) is 10.2 Å². The van der Waals surface area contributed by atoms with E-state index in [1.165, 1.54) is 32.4 Å². The number of fused-ring (bicyclic) bond motifs is 1. The Balaban J connectivity index is 1.59. The van der Waals surface area contributed by atoms with E-state index in [-0.39, 0.29) is 0 Å². The largest absolute Gasteiger partial charge is 0.463 e. The molecule has 16 heavy (non-hydrogen) atoms. The van der Waals surface area contributed by atoms with Gasteiger partial charge in [-0.2, -0.15) is 0 Å². The van der Waals surface area contributed by atoms with Gasteiger partial charge in [-0.05, 0) is 36.8 Å². The summed E-state index contributed by atoms with van der Waals surface area (Å²) in [7, 11) is 0. The smallest absolute Gasteiger partial charge is 0.118 e. The Bertz CT molecular complexity index is 349. The van der Waals surface area contributed by atoms with Gasteiger partial charge in [0.15, 0.2) is 0 Å². The predicted octanol–water partition coefficient (Wildman–Crippen LogP) is 1.97. The molecule has 2 fully saturated rings. The summed E-state index contributed by atoms with van der Waals surface area (Å²) in [4.78, 5) is 2.54. The molecular formula is C13H20N2O. The van der Waals surface area contributed by atoms with Crippen molar-refractivity contribution < 1.29 is 4.42 Å². The van der Waals surface area contributed by atoms with Gasteiger partial charge in [0.25, 0.3) is 0 Å². The summed E-state index contributed by atoms with van der Waals surface area (Å²) in [6, 6.07) is 4.06. The number of rotatable bonds is 3. The lowest BCUT2D eigenvalue weighted by molar-refractivity contribution is 0.272. The molecular weight excluding hydrogens is 200 g/mol. The lowest BCUT2D eigenvalue weighted by atomic mass is 10.0. The van der Waals surface area contributed by atoms with Crippen LogP contribution in [-0.2, 0) is 13.1 Å². The van der Waals surface area contributed by atoms with Crippen molar-refractivity contribution >= 4 is 0 Å². The highest BCUT2D eigenvalue weighted by Crippen LogP contribution is 2.38. The fourth-order valence-corrected chi connectivity index (χ4v) is 3.30. The molecule has 3 heteroatoms. The van der Waals surface area contributed by atoms with Gasteiger partial charge in [-0.3, -0.25) is 4.90 Å². The van der Waals surface area contributed by atoms with Crippen LogP contribution in [0.1, 0.15) is 30.8 Å². The van der Waals surface area contributed by atoms with E-state index in [1.54, 1.807) is 0 Å². The topological polar surface area (TPSA) is 42.4 Å². The van der Waals surface area contributed by atoms with E-state index in [1.807, 2.05) is 6.07 Å². The van der Waals surface area contributed by atoms with Crippen molar-refractivity contribution in [1.82, 2.24) is 4.90 Å². The van der Waals surface area contributed by atoms with E-state index < -0.39 is 0 Å². The minimum Gasteiger partial charge on any atom is -0.463 e. The molecule has 0 spiro atoms. The molecule has 3 nitrogen and oxygen atoms in total. The lowest BCUT2D eigenvalue weighted by Crippen LogP contribution is -2.20. The van der Waals surface area contributed by atoms with Crippen LogP contribution in [0, 0.1) is 11.8 Å². The highest BCUT2D eigenvalue weighted by molar-refractivity contribution is 5.07. The first kappa shape index (κ1) is 10.4. The van der Waals surface area contributed by atoms with E-state index in [2.05, 4.69) is 11.0 Å². The second-order valence-electron chi connectivity index (χ2n) is 5.22. The SMILES string of the molecule is NCc1ccc(CN2CC3CCCC3C2)o1. The summed E-state index contributed by atoms with van der Waals surface area (Å²) >= 11 is 0. The molecule has 1 saturated heterocycles. The Labute approximate surface area is 96.6 Å². The third kappa shape index (κ3) is 1.89. The number of hydrogen-bond acceptors (Lipinski definition) is 3. The molecule has 2 unspecified atom stereocenters. The van der Waals surface area contributed by atoms with Crippen LogP contribution in [-0.4, -0.2) is 18.0 Å². The van der Waals surface area contributed by atoms with Gasteiger partial charge in [-0.15, -0.1) is 0 Å². The Morgan fingerprint density at radius 1 is 1.19 bits per heavy atom. The standard InChI is InChI=1S/C13H20N2O/c14-6-12-4-5-13(16-12)9-15-7-10-2-1-3-11(10)8-15/h4-5,10-11H,1-3,6-9,14H2. The molecule has 0 bridgehead atoms. The van der Waals surface area contributed by atoms with Gasteiger partial charge < -0.3 is 10.2 Å². The summed E-state index contributed by atoms with van der Waals surface area (Å²) in [6.45, 7) is 4.00. The first-order valence-corrected chi connectivity index (χ1v) is 6.35. The summed E-state index contributed by atoms with van der Waals surface area (Å²) in [5.74, 6) is 3.89. The molecule has 2 N–H and O–H groups in total. The zero-order chi connectivity index (χ0) is 11.0. The number of furan rings is 1. The molecule has 1 saturated carbocycles. The highest BCUT2D eigenvalue weighted by Gasteiger charge is 2.35. The molecule has 0 aromatic carbocycles. The van der Waals surface area contributed by atoms with Crippen molar-refractivity contribution in [1.29, 1.82) is 0 Å². The normalized spacial score (nSPS) is 29.8. The van der Waals surface area contributed by atoms with Crippen molar-refractivity contribution in [2.24, 2.45) is 17.6 Å². The van der Waals surface area contributed by atoms with Crippen LogP contribution >= 0.6 is 0 Å². The van der Waals surface area contributed by atoms with Crippen molar-refractivity contribution in [3.8, 4) is 0 Å². The maximum atomic E-state index is 5.65.